The molecular weight excluding hydrogens is 589 g/mol. The fraction of sp³-hybridized carbons (Fsp3) is 0.308. The lowest BCUT2D eigenvalue weighted by Gasteiger charge is -2.47. The molecule has 0 aliphatic rings. The van der Waals surface area contributed by atoms with Crippen LogP contribution in [0.5, 0.6) is 0 Å². The van der Waals surface area contributed by atoms with E-state index in [1.807, 2.05) is 54.6 Å². The van der Waals surface area contributed by atoms with Crippen LogP contribution in [0.4, 0.5) is 0 Å². The third kappa shape index (κ3) is 7.31. The highest BCUT2D eigenvalue weighted by Crippen LogP contribution is 2.40. The number of hydrogen-bond acceptors (Lipinski definition) is 4. The molecule has 2 unspecified atom stereocenters. The Morgan fingerprint density at radius 2 is 0.956 bits per heavy atom. The van der Waals surface area contributed by atoms with Crippen molar-refractivity contribution in [2.24, 2.45) is 0 Å². The molecule has 0 aromatic heterocycles. The van der Waals surface area contributed by atoms with Gasteiger partial charge < -0.3 is 18.8 Å². The van der Waals surface area contributed by atoms with Crippen LogP contribution >= 0.6 is 0 Å². The van der Waals surface area contributed by atoms with Gasteiger partial charge in [0.25, 0.3) is 16.6 Å². The van der Waals surface area contributed by atoms with E-state index < -0.39 is 34.8 Å². The van der Waals surface area contributed by atoms with E-state index in [4.69, 9.17) is 8.85 Å². The first-order chi connectivity index (χ1) is 21.3. The Morgan fingerprint density at radius 1 is 0.644 bits per heavy atom. The summed E-state index contributed by atoms with van der Waals surface area (Å²) in [5.41, 5.74) is 0. The minimum absolute atomic E-state index is 0.250. The third-order valence-corrected chi connectivity index (χ3v) is 18.8. The molecule has 0 saturated heterocycles. The summed E-state index contributed by atoms with van der Waals surface area (Å²) in [6, 6.07) is 41.5. The molecule has 236 valence electrons. The van der Waals surface area contributed by atoms with Gasteiger partial charge in [0.2, 0.25) is 0 Å². The highest BCUT2D eigenvalue weighted by molar-refractivity contribution is 7.00. The lowest BCUT2D eigenvalue weighted by atomic mass is 10.1. The molecule has 4 aromatic carbocycles. The van der Waals surface area contributed by atoms with Crippen LogP contribution in [0.1, 0.15) is 54.4 Å². The van der Waals surface area contributed by atoms with Crippen molar-refractivity contribution >= 4 is 43.4 Å². The zero-order valence-electron chi connectivity index (χ0n) is 27.5. The largest absolute Gasteiger partial charge is 0.550 e. The first-order valence-electron chi connectivity index (χ1n) is 15.8. The molecule has 0 amide bonds. The topological polar surface area (TPSA) is 58.6 Å². The van der Waals surface area contributed by atoms with Crippen LogP contribution in [0, 0.1) is 0 Å². The van der Waals surface area contributed by atoms with Crippen molar-refractivity contribution in [3.05, 3.63) is 134 Å². The first-order valence-corrected chi connectivity index (χ1v) is 19.6. The van der Waals surface area contributed by atoms with E-state index in [1.165, 1.54) is 0 Å². The maximum Gasteiger partial charge on any atom is 0.261 e. The number of carboxylic acid groups (broad SMARTS) is 1. The van der Waals surface area contributed by atoms with Crippen LogP contribution < -0.4 is 25.9 Å². The summed E-state index contributed by atoms with van der Waals surface area (Å²) in [5.74, 6) is -1.15. The van der Waals surface area contributed by atoms with Gasteiger partial charge in [-0.3, -0.25) is 0 Å². The molecule has 45 heavy (non-hydrogen) atoms. The summed E-state index contributed by atoms with van der Waals surface area (Å²) in [6.45, 7) is 17.5. The van der Waals surface area contributed by atoms with E-state index in [9.17, 15) is 9.90 Å². The average Bonchev–Trinajstić information content (AvgIpc) is 3.02. The van der Waals surface area contributed by atoms with Gasteiger partial charge in [0.15, 0.2) is 0 Å². The monoisotopic (exact) mass is 635 g/mol. The van der Waals surface area contributed by atoms with Crippen molar-refractivity contribution in [1.29, 1.82) is 0 Å². The second-order valence-electron chi connectivity index (χ2n) is 13.8. The van der Waals surface area contributed by atoms with Crippen molar-refractivity contribution in [3.63, 3.8) is 0 Å². The van der Waals surface area contributed by atoms with Crippen LogP contribution in [-0.2, 0) is 13.6 Å². The van der Waals surface area contributed by atoms with Crippen molar-refractivity contribution in [2.45, 2.75) is 76.7 Å². The predicted octanol–water partition coefficient (Wildman–Crippen LogP) is 5.59. The number of carboxylic acids is 1. The van der Waals surface area contributed by atoms with E-state index >= 15 is 0 Å². The zero-order chi connectivity index (χ0) is 32.7. The van der Waals surface area contributed by atoms with Crippen LogP contribution in [0.25, 0.3) is 0 Å². The van der Waals surface area contributed by atoms with Crippen LogP contribution in [-0.4, -0.2) is 34.8 Å². The number of rotatable bonds is 13. The highest BCUT2D eigenvalue weighted by atomic mass is 28.4. The standard InChI is InChI=1S/C39H48O4Si2/c1-8-31(42-44(38(2,3)4,33-21-13-9-14-22-33)34-23-15-10-16-24-34)29-32(30-37(40)41)43-45(39(5,6)7,35-25-17-11-18-26-35)36-27-19-12-20-28-36/h8-28,31-32H,1,29-30H2,2-7H3,(H,40,41)/p-1. The third-order valence-electron chi connectivity index (χ3n) is 8.66. The Bertz CT molecular complexity index is 1430. The van der Waals surface area contributed by atoms with Crippen molar-refractivity contribution in [3.8, 4) is 0 Å². The van der Waals surface area contributed by atoms with Gasteiger partial charge in [-0.05, 0) is 30.8 Å². The normalized spacial score (nSPS) is 14.0. The smallest absolute Gasteiger partial charge is 0.261 e. The van der Waals surface area contributed by atoms with E-state index in [-0.39, 0.29) is 16.5 Å². The summed E-state index contributed by atoms with van der Waals surface area (Å²) in [4.78, 5) is 12.3. The van der Waals surface area contributed by atoms with E-state index in [2.05, 4.69) is 121 Å². The average molecular weight is 636 g/mol. The van der Waals surface area contributed by atoms with Gasteiger partial charge in [0, 0.05) is 18.8 Å². The van der Waals surface area contributed by atoms with Gasteiger partial charge >= 0.3 is 0 Å². The molecule has 0 heterocycles. The van der Waals surface area contributed by atoms with E-state index in [1.54, 1.807) is 0 Å². The number of hydrogen-bond donors (Lipinski definition) is 0. The molecule has 4 rings (SSSR count). The fourth-order valence-corrected chi connectivity index (χ4v) is 16.0. The van der Waals surface area contributed by atoms with Gasteiger partial charge in [-0.1, -0.05) is 169 Å². The minimum atomic E-state index is -3.05. The maximum atomic E-state index is 12.3. The zero-order valence-corrected chi connectivity index (χ0v) is 29.5. The van der Waals surface area contributed by atoms with Gasteiger partial charge in [-0.25, -0.2) is 0 Å². The van der Waals surface area contributed by atoms with Gasteiger partial charge in [-0.15, -0.1) is 6.58 Å². The molecular formula is C39H47O4Si2-. The molecule has 0 bridgehead atoms. The lowest BCUT2D eigenvalue weighted by molar-refractivity contribution is -0.307. The van der Waals surface area contributed by atoms with Crippen molar-refractivity contribution < 1.29 is 18.8 Å². The molecule has 0 radical (unpaired) electrons. The summed E-state index contributed by atoms with van der Waals surface area (Å²) in [6.07, 6.45) is 0.739. The highest BCUT2D eigenvalue weighted by Gasteiger charge is 2.53. The van der Waals surface area contributed by atoms with Crippen LogP contribution in [0.2, 0.25) is 10.1 Å². The quantitative estimate of drug-likeness (QED) is 0.142. The molecule has 0 aliphatic carbocycles. The number of carbonyl (C=O) groups excluding carboxylic acids is 1. The van der Waals surface area contributed by atoms with Crippen LogP contribution in [0.3, 0.4) is 0 Å². The Kier molecular flexibility index (Phi) is 10.9. The van der Waals surface area contributed by atoms with Crippen LogP contribution in [0.15, 0.2) is 134 Å². The fourth-order valence-electron chi connectivity index (χ4n) is 6.67. The molecule has 0 spiro atoms. The van der Waals surface area contributed by atoms with Gasteiger partial charge in [-0.2, -0.15) is 0 Å². The summed E-state index contributed by atoms with van der Waals surface area (Å²) in [5, 5.41) is 16.3. The molecule has 6 heteroatoms. The first kappa shape index (κ1) is 34.3. The van der Waals surface area contributed by atoms with Crippen molar-refractivity contribution in [1.82, 2.24) is 0 Å². The molecule has 2 atom stereocenters. The minimum Gasteiger partial charge on any atom is -0.550 e. The molecule has 0 N–H and O–H groups in total. The van der Waals surface area contributed by atoms with Crippen molar-refractivity contribution in [2.75, 3.05) is 0 Å². The maximum absolute atomic E-state index is 12.3. The van der Waals surface area contributed by atoms with E-state index in [0.717, 1.165) is 20.7 Å². The summed E-state index contributed by atoms with van der Waals surface area (Å²) >= 11 is 0. The van der Waals surface area contributed by atoms with E-state index in [0.29, 0.717) is 6.42 Å². The predicted molar refractivity (Wildman–Crippen MR) is 189 cm³/mol. The Hall–Kier alpha value is -3.56. The molecule has 4 nitrogen and oxygen atoms in total. The van der Waals surface area contributed by atoms with Gasteiger partial charge in [0.05, 0.1) is 12.2 Å². The SMILES string of the molecule is C=CC(CC(CC(=O)[O-])O[Si](c1ccccc1)(c1ccccc1)C(C)(C)C)O[Si](c1ccccc1)(c1ccccc1)C(C)(C)C. The molecule has 4 aromatic rings. The number of benzene rings is 4. The Labute approximate surface area is 272 Å². The Balaban J connectivity index is 1.84. The molecule has 0 aliphatic heterocycles. The number of aliphatic carboxylic acids is 1. The lowest BCUT2D eigenvalue weighted by Crippen LogP contribution is -2.69. The summed E-state index contributed by atoms with van der Waals surface area (Å²) < 4.78 is 14.7. The Morgan fingerprint density at radius 3 is 1.22 bits per heavy atom. The second kappa shape index (κ2) is 14.3. The second-order valence-corrected chi connectivity index (χ2v) is 22.3. The molecule has 0 saturated carbocycles. The number of carbonyl (C=O) groups is 1. The summed E-state index contributed by atoms with van der Waals surface area (Å²) in [7, 11) is -5.99. The molecule has 0 fully saturated rings. The van der Waals surface area contributed by atoms with Gasteiger partial charge in [0.1, 0.15) is 0 Å².